The lowest BCUT2D eigenvalue weighted by atomic mass is 10.4. The predicted octanol–water partition coefficient (Wildman–Crippen LogP) is 1.90. The molecule has 5 nitrogen and oxygen atoms in total. The van der Waals surface area contributed by atoms with Crippen molar-refractivity contribution in [3.63, 3.8) is 0 Å². The minimum absolute atomic E-state index is 0.247. The molecule has 94 valence electrons. The molecule has 0 amide bonds. The molecule has 1 atom stereocenters. The number of nitrogens with zero attached hydrogens (tertiary/aromatic N) is 4. The third-order valence-electron chi connectivity index (χ3n) is 2.46. The van der Waals surface area contributed by atoms with E-state index in [1.807, 2.05) is 18.7 Å². The van der Waals surface area contributed by atoms with Crippen molar-refractivity contribution < 1.29 is 0 Å². The van der Waals surface area contributed by atoms with Gasteiger partial charge in [0.05, 0.1) is 0 Å². The van der Waals surface area contributed by atoms with Crippen molar-refractivity contribution in [3.8, 4) is 0 Å². The average molecular weight is 274 g/mol. The number of nitrogens with one attached hydrogen (secondary N) is 1. The number of hydrogen-bond donors (Lipinski definition) is 1. The van der Waals surface area contributed by atoms with Crippen LogP contribution in [0.4, 0.5) is 11.9 Å². The summed E-state index contributed by atoms with van der Waals surface area (Å²) >= 11 is 7.88. The summed E-state index contributed by atoms with van der Waals surface area (Å²) in [6, 6.07) is 0. The normalized spacial score (nSPS) is 20.4. The monoisotopic (exact) mass is 273 g/mol. The van der Waals surface area contributed by atoms with E-state index in [4.69, 9.17) is 11.6 Å². The molecule has 1 aliphatic heterocycles. The van der Waals surface area contributed by atoms with E-state index in [0.717, 1.165) is 25.4 Å². The van der Waals surface area contributed by atoms with Gasteiger partial charge in [0.1, 0.15) is 0 Å². The highest BCUT2D eigenvalue weighted by molar-refractivity contribution is 8.00. The molecule has 1 fully saturated rings. The van der Waals surface area contributed by atoms with Crippen LogP contribution in [0, 0.1) is 0 Å². The Labute approximate surface area is 110 Å². The zero-order valence-electron chi connectivity index (χ0n) is 9.98. The zero-order chi connectivity index (χ0) is 12.3. The van der Waals surface area contributed by atoms with Gasteiger partial charge in [-0.1, -0.05) is 6.92 Å². The molecule has 2 heterocycles. The molecule has 1 aromatic rings. The van der Waals surface area contributed by atoms with Crippen LogP contribution in [-0.2, 0) is 0 Å². The van der Waals surface area contributed by atoms with Crippen molar-refractivity contribution >= 4 is 35.3 Å². The minimum Gasteiger partial charge on any atom is -0.354 e. The van der Waals surface area contributed by atoms with E-state index >= 15 is 0 Å². The average Bonchev–Trinajstić information content (AvgIpc) is 2.28. The molecule has 1 aromatic heterocycles. The summed E-state index contributed by atoms with van der Waals surface area (Å²) in [4.78, 5) is 14.8. The molecule has 1 aliphatic rings. The van der Waals surface area contributed by atoms with Crippen LogP contribution in [0.2, 0.25) is 5.28 Å². The molecule has 2 rings (SSSR count). The van der Waals surface area contributed by atoms with Crippen molar-refractivity contribution in [3.05, 3.63) is 5.28 Å². The summed E-state index contributed by atoms with van der Waals surface area (Å²) in [5.41, 5.74) is 0. The maximum Gasteiger partial charge on any atom is 0.231 e. The van der Waals surface area contributed by atoms with Crippen molar-refractivity contribution in [2.45, 2.75) is 19.1 Å². The SMILES string of the molecule is CCNc1nc(Cl)nc(N2CCSC(C)C2)n1. The minimum atomic E-state index is 0.247. The van der Waals surface area contributed by atoms with Crippen LogP contribution < -0.4 is 10.2 Å². The maximum absolute atomic E-state index is 5.91. The Morgan fingerprint density at radius 3 is 3.00 bits per heavy atom. The molecule has 0 spiro atoms. The van der Waals surface area contributed by atoms with Gasteiger partial charge < -0.3 is 10.2 Å². The summed E-state index contributed by atoms with van der Waals surface area (Å²) in [5.74, 6) is 2.32. The van der Waals surface area contributed by atoms with Gasteiger partial charge in [0, 0.05) is 30.6 Å². The van der Waals surface area contributed by atoms with Crippen LogP contribution in [0.3, 0.4) is 0 Å². The Bertz CT molecular complexity index is 389. The number of anilines is 2. The Kier molecular flexibility index (Phi) is 4.28. The van der Waals surface area contributed by atoms with Gasteiger partial charge in [0.25, 0.3) is 0 Å². The van der Waals surface area contributed by atoms with Crippen molar-refractivity contribution in [2.24, 2.45) is 0 Å². The summed E-state index contributed by atoms with van der Waals surface area (Å²) in [6.07, 6.45) is 0. The maximum atomic E-state index is 5.91. The highest BCUT2D eigenvalue weighted by Crippen LogP contribution is 2.22. The number of rotatable bonds is 3. The van der Waals surface area contributed by atoms with E-state index in [9.17, 15) is 0 Å². The van der Waals surface area contributed by atoms with Gasteiger partial charge in [-0.15, -0.1) is 0 Å². The fraction of sp³-hybridized carbons (Fsp3) is 0.700. The Balaban J connectivity index is 2.18. The first kappa shape index (κ1) is 12.7. The van der Waals surface area contributed by atoms with Gasteiger partial charge in [0.15, 0.2) is 0 Å². The van der Waals surface area contributed by atoms with Crippen molar-refractivity contribution in [1.82, 2.24) is 15.0 Å². The molecule has 1 saturated heterocycles. The van der Waals surface area contributed by atoms with E-state index in [-0.39, 0.29) is 5.28 Å². The summed E-state index contributed by atoms with van der Waals surface area (Å²) < 4.78 is 0. The van der Waals surface area contributed by atoms with Gasteiger partial charge in [0.2, 0.25) is 17.2 Å². The Hall–Kier alpha value is -0.750. The third-order valence-corrected chi connectivity index (χ3v) is 3.76. The van der Waals surface area contributed by atoms with E-state index in [0.29, 0.717) is 17.1 Å². The standard InChI is InChI=1S/C10H16ClN5S/c1-3-12-9-13-8(11)14-10(15-9)16-4-5-17-7(2)6-16/h7H,3-6H2,1-2H3,(H,12,13,14,15). The molecule has 0 saturated carbocycles. The van der Waals surface area contributed by atoms with Gasteiger partial charge in [-0.25, -0.2) is 0 Å². The quantitative estimate of drug-likeness (QED) is 0.908. The first-order valence-electron chi connectivity index (χ1n) is 5.71. The fourth-order valence-corrected chi connectivity index (χ4v) is 2.89. The van der Waals surface area contributed by atoms with Crippen molar-refractivity contribution in [1.29, 1.82) is 0 Å². The lowest BCUT2D eigenvalue weighted by Crippen LogP contribution is -2.38. The first-order valence-corrected chi connectivity index (χ1v) is 7.13. The molecular formula is C10H16ClN5S. The molecular weight excluding hydrogens is 258 g/mol. The van der Waals surface area contributed by atoms with E-state index < -0.39 is 0 Å². The number of thioether (sulfide) groups is 1. The summed E-state index contributed by atoms with van der Waals surface area (Å²) in [5, 5.41) is 3.91. The molecule has 1 N–H and O–H groups in total. The Morgan fingerprint density at radius 2 is 2.29 bits per heavy atom. The lowest BCUT2D eigenvalue weighted by molar-refractivity contribution is 0.750. The third kappa shape index (κ3) is 3.35. The predicted molar refractivity (Wildman–Crippen MR) is 73.1 cm³/mol. The second kappa shape index (κ2) is 5.73. The van der Waals surface area contributed by atoms with Gasteiger partial charge in [-0.2, -0.15) is 26.7 Å². The molecule has 7 heteroatoms. The van der Waals surface area contributed by atoms with Crippen LogP contribution in [0.25, 0.3) is 0 Å². The lowest BCUT2D eigenvalue weighted by Gasteiger charge is -2.30. The van der Waals surface area contributed by atoms with Crippen LogP contribution >= 0.6 is 23.4 Å². The molecule has 17 heavy (non-hydrogen) atoms. The van der Waals surface area contributed by atoms with E-state index in [2.05, 4.69) is 32.1 Å². The molecule has 0 aromatic carbocycles. The molecule has 0 aliphatic carbocycles. The number of halogens is 1. The highest BCUT2D eigenvalue weighted by Gasteiger charge is 2.20. The van der Waals surface area contributed by atoms with Crippen molar-refractivity contribution in [2.75, 3.05) is 35.6 Å². The first-order chi connectivity index (χ1) is 8.19. The highest BCUT2D eigenvalue weighted by atomic mass is 35.5. The Morgan fingerprint density at radius 1 is 1.47 bits per heavy atom. The number of hydrogen-bond acceptors (Lipinski definition) is 6. The second-order valence-corrected chi connectivity index (χ2v) is 5.77. The smallest absolute Gasteiger partial charge is 0.231 e. The van der Waals surface area contributed by atoms with Crippen LogP contribution in [0.5, 0.6) is 0 Å². The van der Waals surface area contributed by atoms with Crippen LogP contribution in [0.15, 0.2) is 0 Å². The van der Waals surface area contributed by atoms with Crippen LogP contribution in [-0.4, -0.2) is 45.6 Å². The van der Waals surface area contributed by atoms with Crippen LogP contribution in [0.1, 0.15) is 13.8 Å². The number of aromatic nitrogens is 3. The largest absolute Gasteiger partial charge is 0.354 e. The summed E-state index contributed by atoms with van der Waals surface area (Å²) in [7, 11) is 0. The second-order valence-electron chi connectivity index (χ2n) is 3.89. The van der Waals surface area contributed by atoms with E-state index in [1.165, 1.54) is 0 Å². The van der Waals surface area contributed by atoms with Gasteiger partial charge >= 0.3 is 0 Å². The fourth-order valence-electron chi connectivity index (χ4n) is 1.72. The van der Waals surface area contributed by atoms with Gasteiger partial charge in [-0.05, 0) is 18.5 Å². The van der Waals surface area contributed by atoms with E-state index in [1.54, 1.807) is 0 Å². The molecule has 1 unspecified atom stereocenters. The molecule has 0 bridgehead atoms. The molecule has 0 radical (unpaired) electrons. The zero-order valence-corrected chi connectivity index (χ0v) is 11.6. The summed E-state index contributed by atoms with van der Waals surface area (Å²) in [6.45, 7) is 6.89. The topological polar surface area (TPSA) is 53.9 Å². The van der Waals surface area contributed by atoms with Gasteiger partial charge in [-0.3, -0.25) is 0 Å².